The third-order valence-electron chi connectivity index (χ3n) is 4.55. The molecule has 3 heterocycles. The van der Waals surface area contributed by atoms with Gasteiger partial charge in [0.2, 0.25) is 5.89 Å². The van der Waals surface area contributed by atoms with E-state index in [4.69, 9.17) is 4.42 Å². The predicted octanol–water partition coefficient (Wildman–Crippen LogP) is 4.10. The van der Waals surface area contributed by atoms with Crippen LogP contribution in [0.1, 0.15) is 16.8 Å². The lowest BCUT2D eigenvalue weighted by atomic mass is 10.1. The number of aryl methyl sites for hydroxylation is 1. The number of aromatic nitrogens is 2. The average Bonchev–Trinajstić information content (AvgIpc) is 3.44. The first-order valence-corrected chi connectivity index (χ1v) is 10.1. The fraction of sp³-hybridized carbons (Fsp3) is 0.238. The van der Waals surface area contributed by atoms with Gasteiger partial charge in [0, 0.05) is 30.7 Å². The van der Waals surface area contributed by atoms with Crippen molar-refractivity contribution in [2.75, 3.05) is 13.6 Å². The van der Waals surface area contributed by atoms with Crippen LogP contribution >= 0.6 is 11.3 Å². The Morgan fingerprint density at radius 2 is 2.21 bits per heavy atom. The van der Waals surface area contributed by atoms with E-state index in [-0.39, 0.29) is 0 Å². The van der Waals surface area contributed by atoms with Gasteiger partial charge >= 0.3 is 0 Å². The number of nitrogens with one attached hydrogen (secondary N) is 3. The Hall–Kier alpha value is -3.06. The molecule has 0 aliphatic rings. The Morgan fingerprint density at radius 1 is 1.29 bits per heavy atom. The molecule has 0 aliphatic carbocycles. The fourth-order valence-electron chi connectivity index (χ4n) is 3.12. The van der Waals surface area contributed by atoms with Crippen LogP contribution in [0.5, 0.6) is 0 Å². The van der Waals surface area contributed by atoms with Crippen molar-refractivity contribution < 1.29 is 4.42 Å². The molecule has 1 aromatic carbocycles. The minimum absolute atomic E-state index is 0.556. The van der Waals surface area contributed by atoms with E-state index in [0.29, 0.717) is 12.4 Å². The SMILES string of the molecule is CN=C(NCCc1c[nH]c2cc(C)ccc12)NCc1coc(-c2cccs2)n1. The number of H-pyrrole nitrogens is 1. The molecule has 0 spiro atoms. The van der Waals surface area contributed by atoms with Gasteiger partial charge in [-0.1, -0.05) is 18.2 Å². The van der Waals surface area contributed by atoms with Gasteiger partial charge in [0.05, 0.1) is 17.1 Å². The summed E-state index contributed by atoms with van der Waals surface area (Å²) in [5.74, 6) is 1.40. The summed E-state index contributed by atoms with van der Waals surface area (Å²) >= 11 is 1.61. The van der Waals surface area contributed by atoms with E-state index in [1.807, 2.05) is 17.5 Å². The number of rotatable bonds is 6. The van der Waals surface area contributed by atoms with Crippen LogP contribution in [0, 0.1) is 6.92 Å². The van der Waals surface area contributed by atoms with Crippen LogP contribution in [-0.2, 0) is 13.0 Å². The molecule has 0 atom stereocenters. The van der Waals surface area contributed by atoms with Crippen molar-refractivity contribution in [3.05, 3.63) is 65.0 Å². The minimum atomic E-state index is 0.556. The summed E-state index contributed by atoms with van der Waals surface area (Å²) in [5, 5.41) is 9.93. The van der Waals surface area contributed by atoms with E-state index in [1.54, 1.807) is 24.6 Å². The second-order valence-corrected chi connectivity index (χ2v) is 7.53. The highest BCUT2D eigenvalue weighted by atomic mass is 32.1. The number of aromatic amines is 1. The van der Waals surface area contributed by atoms with E-state index in [0.717, 1.165) is 29.5 Å². The van der Waals surface area contributed by atoms with E-state index in [2.05, 4.69) is 56.9 Å². The molecule has 3 aromatic heterocycles. The van der Waals surface area contributed by atoms with Crippen molar-refractivity contribution in [1.82, 2.24) is 20.6 Å². The zero-order chi connectivity index (χ0) is 19.3. The summed E-state index contributed by atoms with van der Waals surface area (Å²) in [5.41, 5.74) is 4.59. The summed E-state index contributed by atoms with van der Waals surface area (Å²) in [6, 6.07) is 10.5. The Bertz CT molecular complexity index is 1080. The van der Waals surface area contributed by atoms with Gasteiger partial charge in [0.15, 0.2) is 5.96 Å². The number of benzene rings is 1. The zero-order valence-electron chi connectivity index (χ0n) is 16.0. The molecule has 0 saturated carbocycles. The van der Waals surface area contributed by atoms with Crippen LogP contribution in [0.2, 0.25) is 0 Å². The first kappa shape index (κ1) is 18.3. The molecule has 144 valence electrons. The Balaban J connectivity index is 1.29. The lowest BCUT2D eigenvalue weighted by molar-refractivity contribution is 0.573. The molecule has 4 rings (SSSR count). The first-order chi connectivity index (χ1) is 13.7. The largest absolute Gasteiger partial charge is 0.443 e. The maximum absolute atomic E-state index is 5.55. The number of hydrogen-bond donors (Lipinski definition) is 3. The molecule has 0 bridgehead atoms. The molecule has 4 aromatic rings. The third kappa shape index (κ3) is 4.09. The Kier molecular flexibility index (Phi) is 5.43. The first-order valence-electron chi connectivity index (χ1n) is 9.22. The number of hydrogen-bond acceptors (Lipinski definition) is 4. The van der Waals surface area contributed by atoms with Crippen LogP contribution in [0.15, 0.2) is 57.6 Å². The topological polar surface area (TPSA) is 78.2 Å². The molecule has 0 unspecified atom stereocenters. The molecule has 0 fully saturated rings. The number of fused-ring (bicyclic) bond motifs is 1. The van der Waals surface area contributed by atoms with E-state index in [1.165, 1.54) is 22.0 Å². The maximum Gasteiger partial charge on any atom is 0.236 e. The molecule has 0 aliphatic heterocycles. The Morgan fingerprint density at radius 3 is 3.04 bits per heavy atom. The lowest BCUT2D eigenvalue weighted by Crippen LogP contribution is -2.37. The summed E-state index contributed by atoms with van der Waals surface area (Å²) in [6.45, 7) is 3.45. The van der Waals surface area contributed by atoms with Gasteiger partial charge in [-0.25, -0.2) is 4.98 Å². The van der Waals surface area contributed by atoms with Crippen LogP contribution in [0.25, 0.3) is 21.7 Å². The Labute approximate surface area is 167 Å². The van der Waals surface area contributed by atoms with E-state index in [9.17, 15) is 0 Å². The van der Waals surface area contributed by atoms with Crippen molar-refractivity contribution in [3.8, 4) is 10.8 Å². The second-order valence-electron chi connectivity index (χ2n) is 6.59. The highest BCUT2D eigenvalue weighted by molar-refractivity contribution is 7.13. The third-order valence-corrected chi connectivity index (χ3v) is 5.41. The van der Waals surface area contributed by atoms with Gasteiger partial charge in [-0.3, -0.25) is 4.99 Å². The van der Waals surface area contributed by atoms with Gasteiger partial charge in [0.1, 0.15) is 6.26 Å². The smallest absolute Gasteiger partial charge is 0.236 e. The summed E-state index contributed by atoms with van der Waals surface area (Å²) < 4.78 is 5.55. The number of nitrogens with zero attached hydrogens (tertiary/aromatic N) is 2. The molecule has 7 heteroatoms. The molecule has 0 saturated heterocycles. The highest BCUT2D eigenvalue weighted by Crippen LogP contribution is 2.23. The van der Waals surface area contributed by atoms with Crippen LogP contribution in [0.4, 0.5) is 0 Å². The maximum atomic E-state index is 5.55. The van der Waals surface area contributed by atoms with Gasteiger partial charge in [-0.15, -0.1) is 11.3 Å². The summed E-state index contributed by atoms with van der Waals surface area (Å²) in [7, 11) is 1.77. The summed E-state index contributed by atoms with van der Waals surface area (Å²) in [6.07, 6.45) is 4.68. The lowest BCUT2D eigenvalue weighted by Gasteiger charge is -2.10. The normalized spacial score (nSPS) is 11.9. The van der Waals surface area contributed by atoms with Crippen LogP contribution in [0.3, 0.4) is 0 Å². The van der Waals surface area contributed by atoms with Crippen molar-refractivity contribution in [2.45, 2.75) is 19.9 Å². The minimum Gasteiger partial charge on any atom is -0.443 e. The van der Waals surface area contributed by atoms with Crippen molar-refractivity contribution in [1.29, 1.82) is 0 Å². The predicted molar refractivity (Wildman–Crippen MR) is 115 cm³/mol. The molecular formula is C21H23N5OS. The van der Waals surface area contributed by atoms with E-state index < -0.39 is 0 Å². The van der Waals surface area contributed by atoms with Gasteiger partial charge in [-0.05, 0) is 42.0 Å². The molecule has 0 amide bonds. The monoisotopic (exact) mass is 393 g/mol. The van der Waals surface area contributed by atoms with Crippen molar-refractivity contribution >= 4 is 28.2 Å². The second kappa shape index (κ2) is 8.31. The average molecular weight is 394 g/mol. The zero-order valence-corrected chi connectivity index (χ0v) is 16.8. The number of aliphatic imine (C=N–C) groups is 1. The molecule has 28 heavy (non-hydrogen) atoms. The van der Waals surface area contributed by atoms with Crippen LogP contribution < -0.4 is 10.6 Å². The molecule has 0 radical (unpaired) electrons. The van der Waals surface area contributed by atoms with Gasteiger partial charge in [-0.2, -0.15) is 0 Å². The standard InChI is InChI=1S/C21H23N5OS/c1-14-5-6-17-15(11-24-18(17)10-14)7-8-23-21(22-2)25-12-16-13-27-20(26-16)19-4-3-9-28-19/h3-6,9-11,13,24H,7-8,12H2,1-2H3,(H2,22,23,25). The summed E-state index contributed by atoms with van der Waals surface area (Å²) in [4.78, 5) is 13.2. The number of guanidine groups is 1. The van der Waals surface area contributed by atoms with Gasteiger partial charge < -0.3 is 20.0 Å². The van der Waals surface area contributed by atoms with Crippen molar-refractivity contribution in [3.63, 3.8) is 0 Å². The molecule has 6 nitrogen and oxygen atoms in total. The van der Waals surface area contributed by atoms with Crippen molar-refractivity contribution in [2.24, 2.45) is 4.99 Å². The number of oxazole rings is 1. The van der Waals surface area contributed by atoms with Crippen LogP contribution in [-0.4, -0.2) is 29.5 Å². The van der Waals surface area contributed by atoms with Gasteiger partial charge in [0.25, 0.3) is 0 Å². The molecular weight excluding hydrogens is 370 g/mol. The van der Waals surface area contributed by atoms with E-state index >= 15 is 0 Å². The quantitative estimate of drug-likeness (QED) is 0.340. The highest BCUT2D eigenvalue weighted by Gasteiger charge is 2.08. The fourth-order valence-corrected chi connectivity index (χ4v) is 3.77. The number of thiophene rings is 1. The molecule has 3 N–H and O–H groups in total.